The molecule has 1 heterocycles. The summed E-state index contributed by atoms with van der Waals surface area (Å²) >= 11 is 0. The van der Waals surface area contributed by atoms with Crippen LogP contribution in [0.25, 0.3) is 11.1 Å². The Balaban J connectivity index is 1.70. The number of halogens is 3. The molecule has 1 amide bonds. The Morgan fingerprint density at radius 3 is 2.46 bits per heavy atom. The van der Waals surface area contributed by atoms with E-state index in [-0.39, 0.29) is 24.5 Å². The average Bonchev–Trinajstić information content (AvgIpc) is 3.31. The number of aromatic nitrogens is 1. The molecule has 2 aromatic rings. The van der Waals surface area contributed by atoms with E-state index in [4.69, 9.17) is 9.26 Å². The highest BCUT2D eigenvalue weighted by Crippen LogP contribution is 2.43. The first kappa shape index (κ1) is 27.1. The van der Waals surface area contributed by atoms with E-state index in [1.54, 1.807) is 27.7 Å². The molecule has 0 aliphatic heterocycles. The second-order valence-electron chi connectivity index (χ2n) is 10.1. The van der Waals surface area contributed by atoms with Crippen molar-refractivity contribution in [1.82, 2.24) is 10.5 Å². The third-order valence-corrected chi connectivity index (χ3v) is 9.16. The van der Waals surface area contributed by atoms with Gasteiger partial charge in [0.25, 0.3) is 0 Å². The summed E-state index contributed by atoms with van der Waals surface area (Å²) in [6, 6.07) is 5.11. The first-order chi connectivity index (χ1) is 17.2. The fraction of sp³-hybridized carbons (Fsp3) is 0.560. The Hall–Kier alpha value is -2.91. The number of amides is 1. The number of benzene rings is 1. The van der Waals surface area contributed by atoms with Gasteiger partial charge in [-0.05, 0) is 71.1 Å². The van der Waals surface area contributed by atoms with E-state index in [1.165, 1.54) is 6.07 Å². The molecule has 2 aliphatic carbocycles. The molecule has 1 unspecified atom stereocenters. The smallest absolute Gasteiger partial charge is 0.375 e. The molecule has 200 valence electrons. The molecule has 2 aliphatic rings. The molecule has 1 aromatic heterocycles. The first-order valence-electron chi connectivity index (χ1n) is 12.0. The lowest BCUT2D eigenvalue weighted by atomic mass is 10.0. The van der Waals surface area contributed by atoms with Crippen LogP contribution in [0.15, 0.2) is 27.6 Å². The third kappa shape index (κ3) is 5.25. The lowest BCUT2D eigenvalue weighted by molar-refractivity contribution is -0.139. The van der Waals surface area contributed by atoms with E-state index in [2.05, 4.69) is 16.5 Å². The average molecular weight is 540 g/mol. The molecule has 0 saturated heterocycles. The quantitative estimate of drug-likeness (QED) is 0.550. The first-order valence-corrected chi connectivity index (χ1v) is 13.5. The number of nitriles is 1. The lowest BCUT2D eigenvalue weighted by Crippen LogP contribution is -2.43. The number of ether oxygens (including phenoxy) is 1. The van der Waals surface area contributed by atoms with E-state index in [0.717, 1.165) is 12.1 Å². The normalized spacial score (nSPS) is 23.2. The summed E-state index contributed by atoms with van der Waals surface area (Å²) in [5.41, 5.74) is -1.37. The van der Waals surface area contributed by atoms with Crippen molar-refractivity contribution in [2.75, 3.05) is 0 Å². The predicted molar refractivity (Wildman–Crippen MR) is 126 cm³/mol. The molecular weight excluding hydrogens is 511 g/mol. The van der Waals surface area contributed by atoms with Gasteiger partial charge in [0.1, 0.15) is 11.3 Å². The number of hydrogen-bond acceptors (Lipinski definition) is 7. The van der Waals surface area contributed by atoms with Crippen LogP contribution in [0.5, 0.6) is 0 Å². The van der Waals surface area contributed by atoms with E-state index in [0.29, 0.717) is 29.9 Å². The lowest BCUT2D eigenvalue weighted by Gasteiger charge is -2.22. The second-order valence-corrected chi connectivity index (χ2v) is 12.3. The third-order valence-electron chi connectivity index (χ3n) is 6.92. The summed E-state index contributed by atoms with van der Waals surface area (Å²) < 4.78 is 80.6. The van der Waals surface area contributed by atoms with Crippen molar-refractivity contribution in [3.05, 3.63) is 35.2 Å². The standard InChI is InChI=1S/C25H28F3N3O5S/c1-13(2)35-20-11-17(10-18(20)23(32)30-24(12-29)7-8-24)37(33,34)21-6-5-16(9-19(21)25(26,27)28)22-14(3)31-36-15(22)4/h5-6,9,13,17-18,20H,7-8,10-11H2,1-4H3,(H,30,32)/t17?,18-,20-/m1/s1. The van der Waals surface area contributed by atoms with Gasteiger partial charge in [0, 0.05) is 5.56 Å². The minimum absolute atomic E-state index is 0.137. The van der Waals surface area contributed by atoms with Crippen LogP contribution in [0.3, 0.4) is 0 Å². The number of alkyl halides is 3. The fourth-order valence-corrected chi connectivity index (χ4v) is 6.93. The van der Waals surface area contributed by atoms with Crippen LogP contribution < -0.4 is 5.32 Å². The van der Waals surface area contributed by atoms with Gasteiger partial charge in [-0.25, -0.2) is 8.42 Å². The second kappa shape index (κ2) is 9.44. The highest BCUT2D eigenvalue weighted by atomic mass is 32.2. The molecule has 1 aromatic carbocycles. The molecule has 4 rings (SSSR count). The number of rotatable bonds is 7. The van der Waals surface area contributed by atoms with Crippen LogP contribution in [-0.4, -0.2) is 42.5 Å². The molecule has 0 radical (unpaired) electrons. The fourth-order valence-electron chi connectivity index (χ4n) is 4.93. The van der Waals surface area contributed by atoms with Gasteiger partial charge >= 0.3 is 6.18 Å². The molecule has 0 spiro atoms. The summed E-state index contributed by atoms with van der Waals surface area (Å²) in [6.07, 6.45) is -5.47. The number of nitrogens with one attached hydrogen (secondary N) is 1. The largest absolute Gasteiger partial charge is 0.417 e. The van der Waals surface area contributed by atoms with Crippen molar-refractivity contribution in [1.29, 1.82) is 5.26 Å². The molecule has 12 heteroatoms. The number of carbonyl (C=O) groups excluding carboxylic acids is 1. The van der Waals surface area contributed by atoms with Gasteiger partial charge in [-0.1, -0.05) is 11.2 Å². The van der Waals surface area contributed by atoms with Crippen LogP contribution in [0, 0.1) is 31.1 Å². The van der Waals surface area contributed by atoms with Crippen molar-refractivity contribution in [2.24, 2.45) is 5.92 Å². The molecule has 0 bridgehead atoms. The van der Waals surface area contributed by atoms with Crippen LogP contribution in [0.4, 0.5) is 13.2 Å². The van der Waals surface area contributed by atoms with Gasteiger partial charge in [-0.3, -0.25) is 4.79 Å². The van der Waals surface area contributed by atoms with Gasteiger partial charge in [-0.15, -0.1) is 0 Å². The van der Waals surface area contributed by atoms with Gasteiger partial charge < -0.3 is 14.6 Å². The van der Waals surface area contributed by atoms with E-state index >= 15 is 0 Å². The molecule has 1 N–H and O–H groups in total. The van der Waals surface area contributed by atoms with Crippen LogP contribution in [0.1, 0.15) is 56.5 Å². The minimum atomic E-state index is -4.95. The van der Waals surface area contributed by atoms with Crippen molar-refractivity contribution in [3.8, 4) is 17.2 Å². The van der Waals surface area contributed by atoms with Gasteiger partial charge in [0.2, 0.25) is 5.91 Å². The topological polar surface area (TPSA) is 122 Å². The predicted octanol–water partition coefficient (Wildman–Crippen LogP) is 4.50. The van der Waals surface area contributed by atoms with Gasteiger partial charge in [0.05, 0.1) is 45.6 Å². The Labute approximate surface area is 213 Å². The summed E-state index contributed by atoms with van der Waals surface area (Å²) in [7, 11) is -4.51. The number of sulfone groups is 1. The summed E-state index contributed by atoms with van der Waals surface area (Å²) in [4.78, 5) is 12.1. The Bertz CT molecular complexity index is 1340. The molecule has 2 fully saturated rings. The van der Waals surface area contributed by atoms with Crippen molar-refractivity contribution >= 4 is 15.7 Å². The molecule has 2 saturated carbocycles. The van der Waals surface area contributed by atoms with E-state index in [1.807, 2.05) is 0 Å². The van der Waals surface area contributed by atoms with E-state index in [9.17, 15) is 31.6 Å². The zero-order valence-electron chi connectivity index (χ0n) is 20.8. The monoisotopic (exact) mass is 539 g/mol. The number of carbonyl (C=O) groups is 1. The van der Waals surface area contributed by atoms with Crippen molar-refractivity contribution < 1.29 is 35.6 Å². The summed E-state index contributed by atoms with van der Waals surface area (Å²) in [5, 5.41) is 14.5. The minimum Gasteiger partial charge on any atom is -0.375 e. The van der Waals surface area contributed by atoms with Crippen LogP contribution in [0.2, 0.25) is 0 Å². The molecule has 8 nitrogen and oxygen atoms in total. The Morgan fingerprint density at radius 2 is 1.95 bits per heavy atom. The van der Waals surface area contributed by atoms with Crippen molar-refractivity contribution in [3.63, 3.8) is 0 Å². The number of nitrogens with zero attached hydrogens (tertiary/aromatic N) is 2. The molecule has 37 heavy (non-hydrogen) atoms. The summed E-state index contributed by atoms with van der Waals surface area (Å²) in [5.74, 6) is -1.12. The maximum absolute atomic E-state index is 14.2. The Morgan fingerprint density at radius 1 is 1.27 bits per heavy atom. The van der Waals surface area contributed by atoms with E-state index < -0.39 is 55.2 Å². The zero-order chi connectivity index (χ0) is 27.3. The zero-order valence-corrected chi connectivity index (χ0v) is 21.7. The maximum Gasteiger partial charge on any atom is 0.417 e. The number of aryl methyl sites for hydroxylation is 2. The van der Waals surface area contributed by atoms with Crippen molar-refractivity contribution in [2.45, 2.75) is 87.4 Å². The highest BCUT2D eigenvalue weighted by Gasteiger charge is 2.51. The highest BCUT2D eigenvalue weighted by molar-refractivity contribution is 7.92. The summed E-state index contributed by atoms with van der Waals surface area (Å²) in [6.45, 7) is 6.59. The molecular formula is C25H28F3N3O5S. The Kier molecular flexibility index (Phi) is 6.92. The SMILES string of the molecule is Cc1noc(C)c1-c1ccc(S(=O)(=O)C2C[C@@H](OC(C)C)[C@H](C(=O)NC3(C#N)CC3)C2)c(C(F)(F)F)c1. The van der Waals surface area contributed by atoms with Crippen LogP contribution >= 0.6 is 0 Å². The van der Waals surface area contributed by atoms with Crippen LogP contribution in [-0.2, 0) is 25.5 Å². The molecule has 3 atom stereocenters. The van der Waals surface area contributed by atoms with Gasteiger partial charge in [-0.2, -0.15) is 18.4 Å². The maximum atomic E-state index is 14.2. The number of hydrogen-bond donors (Lipinski definition) is 1. The van der Waals surface area contributed by atoms with Gasteiger partial charge in [0.15, 0.2) is 9.84 Å².